The van der Waals surface area contributed by atoms with Gasteiger partial charge in [-0.3, -0.25) is 9.10 Å². The third-order valence-corrected chi connectivity index (χ3v) is 6.55. The molecule has 0 aliphatic heterocycles. The topological polar surface area (TPSA) is 75.7 Å². The minimum atomic E-state index is -5.06. The number of hydrogen-bond acceptors (Lipinski definition) is 4. The fourth-order valence-corrected chi connectivity index (χ4v) is 4.34. The van der Waals surface area contributed by atoms with Crippen molar-refractivity contribution in [2.45, 2.75) is 18.9 Å². The third kappa shape index (κ3) is 7.78. The van der Waals surface area contributed by atoms with E-state index in [4.69, 9.17) is 16.3 Å². The van der Waals surface area contributed by atoms with Gasteiger partial charge in [-0.25, -0.2) is 8.42 Å². The van der Waals surface area contributed by atoms with Crippen molar-refractivity contribution < 1.29 is 44.3 Å². The van der Waals surface area contributed by atoms with E-state index in [0.29, 0.717) is 22.7 Å². The molecule has 204 valence electrons. The molecule has 0 saturated heterocycles. The minimum absolute atomic E-state index is 0.0563. The summed E-state index contributed by atoms with van der Waals surface area (Å²) in [4.78, 5) is 12.2. The highest BCUT2D eigenvalue weighted by Crippen LogP contribution is 2.37. The maximum Gasteiger partial charge on any atom is 0.416 e. The van der Waals surface area contributed by atoms with Crippen LogP contribution in [0.15, 0.2) is 66.7 Å². The van der Waals surface area contributed by atoms with Crippen LogP contribution >= 0.6 is 11.6 Å². The molecule has 0 fully saturated rings. The van der Waals surface area contributed by atoms with Crippen molar-refractivity contribution in [3.63, 3.8) is 0 Å². The quantitative estimate of drug-likeness (QED) is 0.315. The third-order valence-electron chi connectivity index (χ3n) is 5.04. The normalized spacial score (nSPS) is 12.2. The van der Waals surface area contributed by atoms with Crippen molar-refractivity contribution in [2.75, 3.05) is 22.5 Å². The molecule has 0 heterocycles. The summed E-state index contributed by atoms with van der Waals surface area (Å²) in [6, 6.07) is 12.9. The van der Waals surface area contributed by atoms with Gasteiger partial charge in [0.05, 0.1) is 29.6 Å². The van der Waals surface area contributed by atoms with E-state index in [9.17, 15) is 39.6 Å². The Kier molecular flexibility index (Phi) is 8.52. The summed E-state index contributed by atoms with van der Waals surface area (Å²) in [7, 11) is -3.72. The number of carbonyl (C=O) groups excluding carboxylic acids is 1. The highest BCUT2D eigenvalue weighted by Gasteiger charge is 2.37. The molecule has 3 aromatic rings. The Morgan fingerprint density at radius 3 is 1.97 bits per heavy atom. The molecule has 3 aromatic carbocycles. The molecule has 0 aromatic heterocycles. The number of rotatable bonds is 8. The lowest BCUT2D eigenvalue weighted by Gasteiger charge is -2.23. The van der Waals surface area contributed by atoms with E-state index < -0.39 is 51.7 Å². The van der Waals surface area contributed by atoms with Crippen LogP contribution in [0.2, 0.25) is 5.02 Å². The van der Waals surface area contributed by atoms with Crippen LogP contribution in [0.1, 0.15) is 16.7 Å². The zero-order chi connectivity index (χ0) is 28.3. The summed E-state index contributed by atoms with van der Waals surface area (Å²) in [5.41, 5.74) is -3.05. The van der Waals surface area contributed by atoms with Crippen LogP contribution in [0, 0.1) is 0 Å². The Bertz CT molecular complexity index is 1380. The number of nitrogens with one attached hydrogen (secondary N) is 1. The molecular formula is C24H19ClF6N2O4S. The summed E-state index contributed by atoms with van der Waals surface area (Å²) in [6.07, 6.45) is -9.12. The highest BCUT2D eigenvalue weighted by atomic mass is 35.5. The van der Waals surface area contributed by atoms with Gasteiger partial charge >= 0.3 is 12.4 Å². The molecule has 1 N–H and O–H groups in total. The van der Waals surface area contributed by atoms with Crippen LogP contribution in [0.25, 0.3) is 0 Å². The number of nitrogens with zero attached hydrogens (tertiary/aromatic N) is 1. The predicted octanol–water partition coefficient (Wildman–Crippen LogP) is 6.36. The maximum atomic E-state index is 13.0. The second-order valence-electron chi connectivity index (χ2n) is 7.99. The summed E-state index contributed by atoms with van der Waals surface area (Å²) in [5.74, 6) is -0.923. The van der Waals surface area contributed by atoms with Crippen molar-refractivity contribution in [1.29, 1.82) is 0 Å². The van der Waals surface area contributed by atoms with Crippen LogP contribution in [-0.4, -0.2) is 27.2 Å². The lowest BCUT2D eigenvalue weighted by atomic mass is 10.1. The molecule has 0 atom stereocenters. The second-order valence-corrected chi connectivity index (χ2v) is 10.3. The lowest BCUT2D eigenvalue weighted by Crippen LogP contribution is -2.29. The van der Waals surface area contributed by atoms with E-state index in [1.165, 1.54) is 24.3 Å². The molecule has 14 heteroatoms. The number of alkyl halides is 6. The standard InChI is InChI=1S/C24H19ClF6N2O4S/c1-38(35,36)33(13-15-4-2-3-5-21(15)25)19-6-8-20(9-7-19)37-14-22(34)32-18-11-16(23(26,27)28)10-17(12-18)24(29,30)31/h2-12H,13-14H2,1H3,(H,32,34). The number of carbonyl (C=O) groups is 1. The molecule has 0 radical (unpaired) electrons. The predicted molar refractivity (Wildman–Crippen MR) is 129 cm³/mol. The molecule has 0 saturated carbocycles. The van der Waals surface area contributed by atoms with Gasteiger partial charge in [-0.15, -0.1) is 0 Å². The van der Waals surface area contributed by atoms with Gasteiger partial charge in [-0.2, -0.15) is 26.3 Å². The van der Waals surface area contributed by atoms with Crippen LogP contribution in [0.3, 0.4) is 0 Å². The molecule has 0 bridgehead atoms. The number of halogens is 7. The van der Waals surface area contributed by atoms with Crippen molar-refractivity contribution in [3.05, 3.63) is 88.4 Å². The minimum Gasteiger partial charge on any atom is -0.484 e. The molecular weight excluding hydrogens is 562 g/mol. The number of sulfonamides is 1. The zero-order valence-corrected chi connectivity index (χ0v) is 21.0. The van der Waals surface area contributed by atoms with Crippen molar-refractivity contribution in [3.8, 4) is 5.75 Å². The average molecular weight is 581 g/mol. The second kappa shape index (κ2) is 11.1. The molecule has 0 aliphatic rings. The molecule has 0 spiro atoms. The number of ether oxygens (including phenoxy) is 1. The molecule has 6 nitrogen and oxygen atoms in total. The van der Waals surface area contributed by atoms with Gasteiger partial charge < -0.3 is 10.1 Å². The summed E-state index contributed by atoms with van der Waals surface area (Å²) >= 11 is 6.13. The van der Waals surface area contributed by atoms with Gasteiger partial charge in [0, 0.05) is 10.7 Å². The van der Waals surface area contributed by atoms with E-state index >= 15 is 0 Å². The Hall–Kier alpha value is -3.45. The smallest absolute Gasteiger partial charge is 0.416 e. The summed E-state index contributed by atoms with van der Waals surface area (Å²) in [6.45, 7) is -0.801. The Labute approximate surface area is 218 Å². The molecule has 3 rings (SSSR count). The zero-order valence-electron chi connectivity index (χ0n) is 19.4. The first-order chi connectivity index (χ1) is 17.5. The monoisotopic (exact) mass is 580 g/mol. The first kappa shape index (κ1) is 29.1. The van der Waals surface area contributed by atoms with E-state index in [-0.39, 0.29) is 24.0 Å². The molecule has 1 amide bonds. The number of benzene rings is 3. The van der Waals surface area contributed by atoms with Crippen molar-refractivity contribution >= 4 is 38.9 Å². The Morgan fingerprint density at radius 2 is 1.47 bits per heavy atom. The van der Waals surface area contributed by atoms with Gasteiger partial charge in [0.25, 0.3) is 5.91 Å². The fraction of sp³-hybridized carbons (Fsp3) is 0.208. The van der Waals surface area contributed by atoms with Gasteiger partial charge in [0.1, 0.15) is 5.75 Å². The summed E-state index contributed by atoms with van der Waals surface area (Å²) < 4.78 is 109. The van der Waals surface area contributed by atoms with Gasteiger partial charge in [0.2, 0.25) is 10.0 Å². The molecule has 38 heavy (non-hydrogen) atoms. The van der Waals surface area contributed by atoms with E-state index in [1.807, 2.05) is 5.32 Å². The average Bonchev–Trinajstić information content (AvgIpc) is 2.80. The number of amides is 1. The largest absolute Gasteiger partial charge is 0.484 e. The first-order valence-electron chi connectivity index (χ1n) is 10.6. The van der Waals surface area contributed by atoms with Crippen LogP contribution in [0.5, 0.6) is 5.75 Å². The Balaban J connectivity index is 1.70. The Morgan fingerprint density at radius 1 is 0.921 bits per heavy atom. The van der Waals surface area contributed by atoms with E-state index in [1.54, 1.807) is 24.3 Å². The highest BCUT2D eigenvalue weighted by molar-refractivity contribution is 7.92. The molecule has 0 aliphatic carbocycles. The first-order valence-corrected chi connectivity index (χ1v) is 12.8. The van der Waals surface area contributed by atoms with Crippen molar-refractivity contribution in [2.24, 2.45) is 0 Å². The van der Waals surface area contributed by atoms with Crippen LogP contribution in [-0.2, 0) is 33.7 Å². The fourth-order valence-electron chi connectivity index (χ4n) is 3.26. The van der Waals surface area contributed by atoms with Crippen LogP contribution in [0.4, 0.5) is 37.7 Å². The van der Waals surface area contributed by atoms with Crippen molar-refractivity contribution in [1.82, 2.24) is 0 Å². The van der Waals surface area contributed by atoms with E-state index in [0.717, 1.165) is 10.6 Å². The SMILES string of the molecule is CS(=O)(=O)N(Cc1ccccc1Cl)c1ccc(OCC(=O)Nc2cc(C(F)(F)F)cc(C(F)(F)F)c2)cc1. The maximum absolute atomic E-state index is 13.0. The van der Waals surface area contributed by atoms with Gasteiger partial charge in [-0.1, -0.05) is 29.8 Å². The lowest BCUT2D eigenvalue weighted by molar-refractivity contribution is -0.143. The molecule has 0 unspecified atom stereocenters. The summed E-state index contributed by atoms with van der Waals surface area (Å²) in [5, 5.41) is 2.33. The number of anilines is 2. The van der Waals surface area contributed by atoms with Crippen LogP contribution < -0.4 is 14.4 Å². The van der Waals surface area contributed by atoms with Gasteiger partial charge in [0.15, 0.2) is 6.61 Å². The van der Waals surface area contributed by atoms with Gasteiger partial charge in [-0.05, 0) is 54.1 Å². The number of hydrogen-bond donors (Lipinski definition) is 1. The van der Waals surface area contributed by atoms with E-state index in [2.05, 4.69) is 0 Å².